The van der Waals surface area contributed by atoms with Gasteiger partial charge in [-0.1, -0.05) is 22.9 Å². The van der Waals surface area contributed by atoms with Crippen LogP contribution in [0, 0.1) is 5.82 Å². The predicted molar refractivity (Wildman–Crippen MR) is 152 cm³/mol. The summed E-state index contributed by atoms with van der Waals surface area (Å²) in [6.45, 7) is 5.14. The Morgan fingerprint density at radius 1 is 1.08 bits per heavy atom. The molecule has 0 aliphatic carbocycles. The van der Waals surface area contributed by atoms with Crippen LogP contribution in [0.15, 0.2) is 29.1 Å². The Morgan fingerprint density at radius 2 is 1.84 bits per heavy atom. The highest BCUT2D eigenvalue weighted by Gasteiger charge is 2.34. The second-order valence-corrected chi connectivity index (χ2v) is 12.1. The van der Waals surface area contributed by atoms with Crippen molar-refractivity contribution in [3.8, 4) is 11.1 Å². The Morgan fingerprint density at radius 3 is 2.61 bits per heavy atom. The van der Waals surface area contributed by atoms with Crippen LogP contribution in [-0.4, -0.2) is 64.5 Å². The maximum Gasteiger partial charge on any atom is 0.274 e. The molecule has 2 atom stereocenters. The van der Waals surface area contributed by atoms with E-state index in [0.29, 0.717) is 50.4 Å². The smallest absolute Gasteiger partial charge is 0.274 e. The molecule has 198 valence electrons. The topological polar surface area (TPSA) is 92.3 Å². The van der Waals surface area contributed by atoms with E-state index in [1.54, 1.807) is 10.7 Å². The molecule has 0 amide bonds. The number of nitrogens with one attached hydrogen (secondary N) is 1. The van der Waals surface area contributed by atoms with E-state index >= 15 is 0 Å². The highest BCUT2D eigenvalue weighted by Crippen LogP contribution is 2.40. The van der Waals surface area contributed by atoms with Crippen molar-refractivity contribution in [1.29, 1.82) is 0 Å². The lowest BCUT2D eigenvalue weighted by atomic mass is 10.0. The summed E-state index contributed by atoms with van der Waals surface area (Å²) in [6, 6.07) is 7.58. The molecule has 5 heterocycles. The van der Waals surface area contributed by atoms with Crippen LogP contribution in [0.25, 0.3) is 32.1 Å². The van der Waals surface area contributed by atoms with E-state index in [4.69, 9.17) is 22.4 Å². The number of halogens is 2. The zero-order valence-electron chi connectivity index (χ0n) is 20.9. The number of nitrogen functional groups attached to an aromatic ring is 1. The van der Waals surface area contributed by atoms with Gasteiger partial charge in [0.2, 0.25) is 0 Å². The lowest BCUT2D eigenvalue weighted by Crippen LogP contribution is -2.51. The summed E-state index contributed by atoms with van der Waals surface area (Å²) >= 11 is 7.99. The van der Waals surface area contributed by atoms with Crippen LogP contribution >= 0.6 is 22.9 Å². The molecule has 3 fully saturated rings. The summed E-state index contributed by atoms with van der Waals surface area (Å²) in [5.74, 6) is 0.425. The van der Waals surface area contributed by atoms with Crippen molar-refractivity contribution in [2.75, 3.05) is 43.4 Å². The summed E-state index contributed by atoms with van der Waals surface area (Å²) in [5.41, 5.74) is 7.53. The molecule has 2 aromatic heterocycles. The molecule has 0 spiro atoms. The third-order valence-corrected chi connectivity index (χ3v) is 9.38. The minimum absolute atomic E-state index is 0.143. The van der Waals surface area contributed by atoms with Crippen molar-refractivity contribution >= 4 is 54.9 Å². The first-order valence-electron chi connectivity index (χ1n) is 13.3. The maximum atomic E-state index is 14.5. The standard InChI is InChI=1S/C27H29ClFN7OS/c28-21-12-19-20(11-18(21)17-5-6-22(29)24-23(17)32-27(30)38-24)26(37)36(10-9-34-7-1-2-8-34)33-25(19)35-13-15-3-4-16(14-35)31-15/h5-6,11-12,15-16,31H,1-4,7-10,13-14H2,(H2,30,32)/t15-,16+. The molecule has 0 radical (unpaired) electrons. The molecule has 3 N–H and O–H groups in total. The molecule has 0 unspecified atom stereocenters. The summed E-state index contributed by atoms with van der Waals surface area (Å²) < 4.78 is 16.5. The van der Waals surface area contributed by atoms with Crippen molar-refractivity contribution in [3.05, 3.63) is 45.5 Å². The molecule has 3 aliphatic rings. The molecular formula is C27H29ClFN7OS. The molecule has 0 saturated carbocycles. The number of benzene rings is 2. The average Bonchev–Trinajstić information content (AvgIpc) is 3.64. The summed E-state index contributed by atoms with van der Waals surface area (Å²) in [6.07, 6.45) is 4.69. The van der Waals surface area contributed by atoms with E-state index in [2.05, 4.69) is 20.1 Å². The number of piperazine rings is 1. The third-order valence-electron chi connectivity index (χ3n) is 8.17. The first-order chi connectivity index (χ1) is 18.4. The van der Waals surface area contributed by atoms with Gasteiger partial charge in [0.05, 0.1) is 22.1 Å². The van der Waals surface area contributed by atoms with Gasteiger partial charge in [0.25, 0.3) is 5.56 Å². The number of hydrogen-bond donors (Lipinski definition) is 2. The summed E-state index contributed by atoms with van der Waals surface area (Å²) in [5, 5.41) is 10.7. The number of nitrogens with zero attached hydrogens (tertiary/aromatic N) is 5. The van der Waals surface area contributed by atoms with Gasteiger partial charge in [-0.15, -0.1) is 0 Å². The SMILES string of the molecule is Nc1nc2c(-c3cc4c(=O)n(CCN5CCCC5)nc(N5C[C@H]6CC[C@@H](C5)N6)c4cc3Cl)ccc(F)c2s1. The molecule has 2 aromatic carbocycles. The van der Waals surface area contributed by atoms with Crippen LogP contribution in [0.5, 0.6) is 0 Å². The van der Waals surface area contributed by atoms with Gasteiger partial charge in [-0.2, -0.15) is 5.10 Å². The van der Waals surface area contributed by atoms with Crippen LogP contribution in [0.2, 0.25) is 5.02 Å². The molecule has 7 rings (SSSR count). The summed E-state index contributed by atoms with van der Waals surface area (Å²) in [4.78, 5) is 22.9. The van der Waals surface area contributed by atoms with Gasteiger partial charge in [-0.25, -0.2) is 14.1 Å². The van der Waals surface area contributed by atoms with Crippen molar-refractivity contribution in [3.63, 3.8) is 0 Å². The van der Waals surface area contributed by atoms with Crippen LogP contribution < -0.4 is 21.5 Å². The fourth-order valence-corrected chi connectivity index (χ4v) is 7.33. The van der Waals surface area contributed by atoms with Crippen molar-refractivity contribution in [2.24, 2.45) is 0 Å². The molecule has 38 heavy (non-hydrogen) atoms. The average molecular weight is 554 g/mol. The number of rotatable bonds is 5. The lowest BCUT2D eigenvalue weighted by molar-refractivity contribution is 0.312. The largest absolute Gasteiger partial charge is 0.375 e. The van der Waals surface area contributed by atoms with Gasteiger partial charge >= 0.3 is 0 Å². The zero-order chi connectivity index (χ0) is 26.0. The van der Waals surface area contributed by atoms with E-state index < -0.39 is 0 Å². The lowest BCUT2D eigenvalue weighted by Gasteiger charge is -2.34. The van der Waals surface area contributed by atoms with E-state index in [0.717, 1.165) is 68.1 Å². The normalized spacial score (nSPS) is 21.8. The van der Waals surface area contributed by atoms with Gasteiger partial charge in [-0.05, 0) is 63.0 Å². The van der Waals surface area contributed by atoms with Crippen molar-refractivity contribution in [2.45, 2.75) is 44.3 Å². The van der Waals surface area contributed by atoms with Gasteiger partial charge in [-0.3, -0.25) is 4.79 Å². The first kappa shape index (κ1) is 24.3. The number of anilines is 2. The van der Waals surface area contributed by atoms with Crippen molar-refractivity contribution in [1.82, 2.24) is 25.0 Å². The summed E-state index contributed by atoms with van der Waals surface area (Å²) in [7, 11) is 0. The highest BCUT2D eigenvalue weighted by atomic mass is 35.5. The van der Waals surface area contributed by atoms with Crippen LogP contribution in [-0.2, 0) is 6.54 Å². The number of thiazole rings is 1. The first-order valence-corrected chi connectivity index (χ1v) is 14.5. The van der Waals surface area contributed by atoms with E-state index in [9.17, 15) is 9.18 Å². The van der Waals surface area contributed by atoms with Gasteiger partial charge in [0, 0.05) is 53.3 Å². The Balaban J connectivity index is 1.39. The predicted octanol–water partition coefficient (Wildman–Crippen LogP) is 4.08. The maximum absolute atomic E-state index is 14.5. The third kappa shape index (κ3) is 4.14. The Labute approximate surface area is 228 Å². The fourth-order valence-electron chi connectivity index (χ4n) is 6.30. The number of fused-ring (bicyclic) bond motifs is 4. The Kier molecular flexibility index (Phi) is 6.03. The van der Waals surface area contributed by atoms with E-state index in [-0.39, 0.29) is 16.5 Å². The van der Waals surface area contributed by atoms with Gasteiger partial charge < -0.3 is 20.9 Å². The number of hydrogen-bond acceptors (Lipinski definition) is 8. The quantitative estimate of drug-likeness (QED) is 0.385. The Hall–Kier alpha value is -2.79. The molecule has 11 heteroatoms. The second kappa shape index (κ2) is 9.44. The minimum atomic E-state index is -0.376. The van der Waals surface area contributed by atoms with Crippen LogP contribution in [0.3, 0.4) is 0 Å². The van der Waals surface area contributed by atoms with Crippen molar-refractivity contribution < 1.29 is 4.39 Å². The highest BCUT2D eigenvalue weighted by molar-refractivity contribution is 7.22. The number of nitrogens with two attached hydrogens (primary N) is 1. The number of aromatic nitrogens is 3. The molecule has 3 aliphatic heterocycles. The second-order valence-electron chi connectivity index (χ2n) is 10.6. The monoisotopic (exact) mass is 553 g/mol. The number of likely N-dealkylation sites (tertiary alicyclic amines) is 1. The van der Waals surface area contributed by atoms with E-state index in [1.165, 1.54) is 18.9 Å². The molecule has 4 aromatic rings. The molecule has 2 bridgehead atoms. The zero-order valence-corrected chi connectivity index (χ0v) is 22.5. The molecule has 8 nitrogen and oxygen atoms in total. The van der Waals surface area contributed by atoms with Gasteiger partial charge in [0.15, 0.2) is 10.9 Å². The van der Waals surface area contributed by atoms with E-state index in [1.807, 2.05) is 12.1 Å². The van der Waals surface area contributed by atoms with Crippen LogP contribution in [0.1, 0.15) is 25.7 Å². The van der Waals surface area contributed by atoms with Gasteiger partial charge in [0.1, 0.15) is 5.82 Å². The minimum Gasteiger partial charge on any atom is -0.375 e. The fraction of sp³-hybridized carbons (Fsp3) is 0.444. The molecular weight excluding hydrogens is 525 g/mol. The molecule has 3 saturated heterocycles. The van der Waals surface area contributed by atoms with Crippen LogP contribution in [0.4, 0.5) is 15.3 Å². The Bertz CT molecular complexity index is 1600.